The maximum Gasteiger partial charge on any atom is 0.0581 e. The molecule has 1 aromatic rings. The lowest BCUT2D eigenvalue weighted by Crippen LogP contribution is -2.29. The Morgan fingerprint density at radius 1 is 1.22 bits per heavy atom. The molecule has 1 aromatic carbocycles. The molecule has 2 aliphatic rings. The summed E-state index contributed by atoms with van der Waals surface area (Å²) in [5.41, 5.74) is 8.78. The summed E-state index contributed by atoms with van der Waals surface area (Å²) < 4.78 is 12.5. The molecular weight excluding hydrogens is 242 g/mol. The molecule has 98 valence electrons. The molecule has 18 heavy (non-hydrogen) atoms. The highest BCUT2D eigenvalue weighted by atomic mass is 32.2. The van der Waals surface area contributed by atoms with Gasteiger partial charge in [-0.3, -0.25) is 4.21 Å². The average molecular weight is 263 g/mol. The maximum absolute atomic E-state index is 12.5. The molecule has 0 aromatic heterocycles. The van der Waals surface area contributed by atoms with Gasteiger partial charge in [-0.1, -0.05) is 37.1 Å². The van der Waals surface area contributed by atoms with Crippen LogP contribution in [0.2, 0.25) is 0 Å². The van der Waals surface area contributed by atoms with Gasteiger partial charge in [-0.15, -0.1) is 0 Å². The van der Waals surface area contributed by atoms with Crippen LogP contribution in [-0.4, -0.2) is 15.2 Å². The standard InChI is InChI=1S/C15H21NOS/c16-15-13-8-4-3-7-12(13)9-14(15)18(17)10-11-5-1-2-6-11/h3-4,7-8,11,14-15H,1-2,5-6,9-10,16H2. The van der Waals surface area contributed by atoms with Gasteiger partial charge in [0.1, 0.15) is 0 Å². The smallest absolute Gasteiger partial charge is 0.0581 e. The Bertz CT molecular complexity index is 454. The van der Waals surface area contributed by atoms with Gasteiger partial charge in [0, 0.05) is 22.6 Å². The minimum atomic E-state index is -0.767. The first-order chi connectivity index (χ1) is 8.75. The van der Waals surface area contributed by atoms with Crippen molar-refractivity contribution in [3.05, 3.63) is 35.4 Å². The molecule has 0 bridgehead atoms. The van der Waals surface area contributed by atoms with Crippen LogP contribution in [0, 0.1) is 5.92 Å². The van der Waals surface area contributed by atoms with E-state index < -0.39 is 10.8 Å². The van der Waals surface area contributed by atoms with E-state index in [9.17, 15) is 4.21 Å². The van der Waals surface area contributed by atoms with Gasteiger partial charge in [0.2, 0.25) is 0 Å². The van der Waals surface area contributed by atoms with Crippen LogP contribution >= 0.6 is 0 Å². The van der Waals surface area contributed by atoms with Crippen LogP contribution in [-0.2, 0) is 17.2 Å². The number of nitrogens with two attached hydrogens (primary N) is 1. The molecule has 1 fully saturated rings. The van der Waals surface area contributed by atoms with Gasteiger partial charge in [-0.25, -0.2) is 0 Å². The van der Waals surface area contributed by atoms with Crippen molar-refractivity contribution in [2.75, 3.05) is 5.75 Å². The molecule has 0 heterocycles. The van der Waals surface area contributed by atoms with Gasteiger partial charge in [0.15, 0.2) is 0 Å². The zero-order valence-electron chi connectivity index (χ0n) is 10.7. The Labute approximate surface area is 111 Å². The van der Waals surface area contributed by atoms with E-state index in [4.69, 9.17) is 5.73 Å². The molecule has 0 amide bonds. The molecule has 1 saturated carbocycles. The summed E-state index contributed by atoms with van der Waals surface area (Å²) in [5, 5.41) is 0.142. The highest BCUT2D eigenvalue weighted by molar-refractivity contribution is 7.85. The summed E-state index contributed by atoms with van der Waals surface area (Å²) in [6, 6.07) is 8.27. The summed E-state index contributed by atoms with van der Waals surface area (Å²) in [6.07, 6.45) is 6.07. The Morgan fingerprint density at radius 3 is 2.67 bits per heavy atom. The van der Waals surface area contributed by atoms with E-state index in [1.807, 2.05) is 12.1 Å². The highest BCUT2D eigenvalue weighted by Gasteiger charge is 2.34. The predicted octanol–water partition coefficient (Wildman–Crippen LogP) is 2.55. The number of hydrogen-bond donors (Lipinski definition) is 1. The van der Waals surface area contributed by atoms with Gasteiger partial charge in [-0.2, -0.15) is 0 Å². The summed E-state index contributed by atoms with van der Waals surface area (Å²) in [5.74, 6) is 1.55. The number of hydrogen-bond acceptors (Lipinski definition) is 2. The summed E-state index contributed by atoms with van der Waals surface area (Å²) in [6.45, 7) is 0. The fourth-order valence-corrected chi connectivity index (χ4v) is 5.26. The molecule has 0 spiro atoms. The van der Waals surface area contributed by atoms with Gasteiger partial charge in [0.05, 0.1) is 5.25 Å². The molecule has 3 unspecified atom stereocenters. The monoisotopic (exact) mass is 263 g/mol. The normalized spacial score (nSPS) is 29.4. The van der Waals surface area contributed by atoms with E-state index in [0.29, 0.717) is 5.92 Å². The molecule has 3 atom stereocenters. The summed E-state index contributed by atoms with van der Waals surface area (Å²) in [7, 11) is -0.767. The quantitative estimate of drug-likeness (QED) is 0.910. The minimum absolute atomic E-state index is 0.0246. The first-order valence-corrected chi connectivity index (χ1v) is 8.34. The van der Waals surface area contributed by atoms with Gasteiger partial charge in [0.25, 0.3) is 0 Å². The zero-order chi connectivity index (χ0) is 12.5. The van der Waals surface area contributed by atoms with Gasteiger partial charge >= 0.3 is 0 Å². The van der Waals surface area contributed by atoms with Crippen molar-refractivity contribution in [2.45, 2.75) is 43.4 Å². The fraction of sp³-hybridized carbons (Fsp3) is 0.600. The van der Waals surface area contributed by atoms with Crippen molar-refractivity contribution in [1.82, 2.24) is 0 Å². The van der Waals surface area contributed by atoms with Crippen LogP contribution in [0.4, 0.5) is 0 Å². The first-order valence-electron chi connectivity index (χ1n) is 6.96. The van der Waals surface area contributed by atoms with Crippen LogP contribution < -0.4 is 5.73 Å². The maximum atomic E-state index is 12.5. The second-order valence-electron chi connectivity index (χ2n) is 5.67. The van der Waals surface area contributed by atoms with E-state index in [2.05, 4.69) is 12.1 Å². The fourth-order valence-electron chi connectivity index (χ4n) is 3.38. The molecule has 0 saturated heterocycles. The highest BCUT2D eigenvalue weighted by Crippen LogP contribution is 2.34. The third-order valence-corrected chi connectivity index (χ3v) is 6.38. The number of rotatable bonds is 3. The van der Waals surface area contributed by atoms with Crippen LogP contribution in [0.1, 0.15) is 42.9 Å². The minimum Gasteiger partial charge on any atom is -0.323 e. The van der Waals surface area contributed by atoms with Crippen LogP contribution in [0.15, 0.2) is 24.3 Å². The third-order valence-electron chi connectivity index (χ3n) is 4.45. The van der Waals surface area contributed by atoms with Crippen molar-refractivity contribution >= 4 is 10.8 Å². The number of fused-ring (bicyclic) bond motifs is 1. The topological polar surface area (TPSA) is 43.1 Å². The second-order valence-corrected chi connectivity index (χ2v) is 7.37. The van der Waals surface area contributed by atoms with Crippen molar-refractivity contribution < 1.29 is 4.21 Å². The van der Waals surface area contributed by atoms with E-state index in [0.717, 1.165) is 12.2 Å². The molecule has 3 rings (SSSR count). The van der Waals surface area contributed by atoms with Crippen molar-refractivity contribution in [3.63, 3.8) is 0 Å². The van der Waals surface area contributed by atoms with E-state index in [-0.39, 0.29) is 11.3 Å². The van der Waals surface area contributed by atoms with Crippen LogP contribution in [0.3, 0.4) is 0 Å². The molecular formula is C15H21NOS. The predicted molar refractivity (Wildman–Crippen MR) is 75.8 cm³/mol. The van der Waals surface area contributed by atoms with Crippen molar-refractivity contribution in [2.24, 2.45) is 11.7 Å². The van der Waals surface area contributed by atoms with E-state index >= 15 is 0 Å². The molecule has 2 aliphatic carbocycles. The third kappa shape index (κ3) is 2.26. The van der Waals surface area contributed by atoms with E-state index in [1.165, 1.54) is 36.8 Å². The zero-order valence-corrected chi connectivity index (χ0v) is 11.5. The molecule has 2 nitrogen and oxygen atoms in total. The Balaban J connectivity index is 1.69. The lowest BCUT2D eigenvalue weighted by atomic mass is 10.1. The Kier molecular flexibility index (Phi) is 3.53. The van der Waals surface area contributed by atoms with Crippen molar-refractivity contribution in [3.8, 4) is 0 Å². The Morgan fingerprint density at radius 2 is 1.94 bits per heavy atom. The molecule has 0 aliphatic heterocycles. The second kappa shape index (κ2) is 5.14. The largest absolute Gasteiger partial charge is 0.323 e. The molecule has 3 heteroatoms. The lowest BCUT2D eigenvalue weighted by molar-refractivity contribution is 0.591. The van der Waals surface area contributed by atoms with Crippen LogP contribution in [0.5, 0.6) is 0 Å². The SMILES string of the molecule is NC1c2ccccc2CC1S(=O)CC1CCCC1. The first kappa shape index (κ1) is 12.4. The Hall–Kier alpha value is -0.670. The van der Waals surface area contributed by atoms with E-state index in [1.54, 1.807) is 0 Å². The van der Waals surface area contributed by atoms with Gasteiger partial charge in [-0.05, 0) is 36.3 Å². The van der Waals surface area contributed by atoms with Crippen LogP contribution in [0.25, 0.3) is 0 Å². The van der Waals surface area contributed by atoms with Gasteiger partial charge < -0.3 is 5.73 Å². The summed E-state index contributed by atoms with van der Waals surface area (Å²) in [4.78, 5) is 0. The summed E-state index contributed by atoms with van der Waals surface area (Å²) >= 11 is 0. The molecule has 2 N–H and O–H groups in total. The average Bonchev–Trinajstić information content (AvgIpc) is 2.98. The lowest BCUT2D eigenvalue weighted by Gasteiger charge is -2.18. The molecule has 0 radical (unpaired) electrons. The number of benzene rings is 1. The van der Waals surface area contributed by atoms with Crippen molar-refractivity contribution in [1.29, 1.82) is 0 Å².